The van der Waals surface area contributed by atoms with E-state index in [0.29, 0.717) is 22.6 Å². The predicted octanol–water partition coefficient (Wildman–Crippen LogP) is 2.73. The molecule has 1 rings (SSSR count). The second-order valence-corrected chi connectivity index (χ2v) is 6.56. The second kappa shape index (κ2) is 5.33. The third-order valence-corrected chi connectivity index (χ3v) is 3.61. The van der Waals surface area contributed by atoms with Crippen LogP contribution in [0.1, 0.15) is 11.1 Å². The van der Waals surface area contributed by atoms with E-state index >= 15 is 0 Å². The number of halogens is 2. The largest absolute Gasteiger partial charge is 0.493 e. The minimum absolute atomic E-state index is 0.202. The van der Waals surface area contributed by atoms with Crippen molar-refractivity contribution >= 4 is 31.3 Å². The molecule has 0 unspecified atom stereocenters. The van der Waals surface area contributed by atoms with Crippen LogP contribution in [0.5, 0.6) is 11.5 Å². The van der Waals surface area contributed by atoms with Gasteiger partial charge in [0.05, 0.1) is 25.0 Å². The molecule has 0 saturated carbocycles. The van der Waals surface area contributed by atoms with Crippen molar-refractivity contribution in [3.8, 4) is 11.5 Å². The molecule has 0 fully saturated rings. The van der Waals surface area contributed by atoms with E-state index in [1.807, 2.05) is 0 Å². The second-order valence-electron chi connectivity index (χ2n) is 3.40. The maximum atomic E-state index is 11.1. The number of methoxy groups -OCH3 is 2. The van der Waals surface area contributed by atoms with Gasteiger partial charge in [-0.25, -0.2) is 8.42 Å². The monoisotopic (exact) mass is 298 g/mol. The topological polar surface area (TPSA) is 52.6 Å². The number of ether oxygens (including phenoxy) is 2. The molecule has 0 aliphatic rings. The van der Waals surface area contributed by atoms with Crippen molar-refractivity contribution in [3.63, 3.8) is 0 Å². The van der Waals surface area contributed by atoms with Crippen molar-refractivity contribution in [1.82, 2.24) is 0 Å². The fraction of sp³-hybridized carbons (Fsp3) is 0.400. The van der Waals surface area contributed by atoms with Gasteiger partial charge in [0.2, 0.25) is 9.05 Å². The summed E-state index contributed by atoms with van der Waals surface area (Å²) in [5.74, 6) is 0.403. The standard InChI is InChI=1S/C10H12Cl2O4S/c1-6-4-8(15-2)10(16-3)9(11)7(6)5-17(12,13)14/h4H,5H2,1-3H3. The third kappa shape index (κ3) is 3.40. The van der Waals surface area contributed by atoms with Gasteiger partial charge >= 0.3 is 0 Å². The maximum absolute atomic E-state index is 11.1. The first-order valence-corrected chi connectivity index (χ1v) is 7.48. The molecule has 0 radical (unpaired) electrons. The molecule has 0 heterocycles. The fourth-order valence-electron chi connectivity index (χ4n) is 1.46. The number of hydrogen-bond acceptors (Lipinski definition) is 4. The lowest BCUT2D eigenvalue weighted by Crippen LogP contribution is -2.02. The molecule has 4 nitrogen and oxygen atoms in total. The van der Waals surface area contributed by atoms with E-state index in [1.54, 1.807) is 13.0 Å². The molecule has 1 aromatic rings. The molecule has 0 amide bonds. The molecule has 0 saturated heterocycles. The van der Waals surface area contributed by atoms with Crippen molar-refractivity contribution in [3.05, 3.63) is 22.2 Å². The van der Waals surface area contributed by atoms with Crippen LogP contribution in [0.3, 0.4) is 0 Å². The van der Waals surface area contributed by atoms with Crippen molar-refractivity contribution < 1.29 is 17.9 Å². The molecule has 0 bridgehead atoms. The molecule has 1 aromatic carbocycles. The summed E-state index contributed by atoms with van der Waals surface area (Å²) in [6, 6.07) is 1.65. The molecular formula is C10H12Cl2O4S. The highest BCUT2D eigenvalue weighted by atomic mass is 35.7. The van der Waals surface area contributed by atoms with Gasteiger partial charge in [-0.2, -0.15) is 0 Å². The summed E-state index contributed by atoms with van der Waals surface area (Å²) in [4.78, 5) is 0. The Hall–Kier alpha value is -0.650. The Morgan fingerprint density at radius 1 is 1.29 bits per heavy atom. The van der Waals surface area contributed by atoms with Crippen LogP contribution in [0.4, 0.5) is 0 Å². The number of rotatable bonds is 4. The Morgan fingerprint density at radius 2 is 1.88 bits per heavy atom. The summed E-state index contributed by atoms with van der Waals surface area (Å²) in [6.07, 6.45) is 0. The van der Waals surface area contributed by atoms with E-state index < -0.39 is 9.05 Å². The van der Waals surface area contributed by atoms with Crippen molar-refractivity contribution in [2.75, 3.05) is 14.2 Å². The van der Waals surface area contributed by atoms with Crippen LogP contribution in [0.25, 0.3) is 0 Å². The first-order valence-electron chi connectivity index (χ1n) is 4.62. The van der Waals surface area contributed by atoms with Crippen LogP contribution in [0.15, 0.2) is 6.07 Å². The molecule has 0 aliphatic heterocycles. The van der Waals surface area contributed by atoms with E-state index in [2.05, 4.69) is 0 Å². The lowest BCUT2D eigenvalue weighted by atomic mass is 10.1. The molecule has 0 aliphatic carbocycles. The van der Waals surface area contributed by atoms with Crippen LogP contribution < -0.4 is 9.47 Å². The zero-order chi connectivity index (χ0) is 13.2. The van der Waals surface area contributed by atoms with E-state index in [4.69, 9.17) is 31.8 Å². The SMILES string of the molecule is COc1cc(C)c(CS(=O)(=O)Cl)c(Cl)c1OC. The zero-order valence-corrected chi connectivity index (χ0v) is 11.9. The van der Waals surface area contributed by atoms with Gasteiger partial charge in [0, 0.05) is 10.7 Å². The molecular weight excluding hydrogens is 287 g/mol. The van der Waals surface area contributed by atoms with Gasteiger partial charge in [-0.3, -0.25) is 0 Å². The van der Waals surface area contributed by atoms with E-state index in [1.165, 1.54) is 14.2 Å². The lowest BCUT2D eigenvalue weighted by Gasteiger charge is -2.14. The van der Waals surface area contributed by atoms with E-state index in [-0.39, 0.29) is 10.8 Å². The van der Waals surface area contributed by atoms with E-state index in [9.17, 15) is 8.42 Å². The lowest BCUT2D eigenvalue weighted by molar-refractivity contribution is 0.354. The normalized spacial score (nSPS) is 11.4. The summed E-state index contributed by atoms with van der Waals surface area (Å²) >= 11 is 6.08. The summed E-state index contributed by atoms with van der Waals surface area (Å²) in [7, 11) is 4.45. The smallest absolute Gasteiger partial charge is 0.236 e. The Labute approximate surface area is 110 Å². The van der Waals surface area contributed by atoms with Gasteiger partial charge < -0.3 is 9.47 Å². The third-order valence-electron chi connectivity index (χ3n) is 2.25. The summed E-state index contributed by atoms with van der Waals surface area (Å²) in [5, 5.41) is 0.202. The van der Waals surface area contributed by atoms with Crippen molar-refractivity contribution in [2.24, 2.45) is 0 Å². The van der Waals surface area contributed by atoms with Crippen LogP contribution in [-0.4, -0.2) is 22.6 Å². The van der Waals surface area contributed by atoms with Crippen LogP contribution in [0, 0.1) is 6.92 Å². The average Bonchev–Trinajstić information content (AvgIpc) is 2.22. The van der Waals surface area contributed by atoms with Crippen LogP contribution in [0.2, 0.25) is 5.02 Å². The molecule has 96 valence electrons. The first kappa shape index (κ1) is 14.4. The van der Waals surface area contributed by atoms with Crippen molar-refractivity contribution in [2.45, 2.75) is 12.7 Å². The summed E-state index contributed by atoms with van der Waals surface area (Å²) in [6.45, 7) is 1.73. The summed E-state index contributed by atoms with van der Waals surface area (Å²) in [5.41, 5.74) is 1.09. The fourth-order valence-corrected chi connectivity index (χ4v) is 2.97. The van der Waals surface area contributed by atoms with Crippen LogP contribution >= 0.6 is 22.3 Å². The van der Waals surface area contributed by atoms with Gasteiger partial charge in [-0.1, -0.05) is 11.6 Å². The quantitative estimate of drug-likeness (QED) is 0.802. The van der Waals surface area contributed by atoms with Crippen LogP contribution in [-0.2, 0) is 14.8 Å². The first-order chi connectivity index (χ1) is 7.80. The highest BCUT2D eigenvalue weighted by Gasteiger charge is 2.20. The average molecular weight is 299 g/mol. The molecule has 0 spiro atoms. The van der Waals surface area contributed by atoms with Crippen molar-refractivity contribution in [1.29, 1.82) is 0 Å². The molecule has 0 N–H and O–H groups in total. The minimum atomic E-state index is -3.68. The predicted molar refractivity (Wildman–Crippen MR) is 67.8 cm³/mol. The van der Waals surface area contributed by atoms with Gasteiger partial charge in [0.15, 0.2) is 11.5 Å². The van der Waals surface area contributed by atoms with Gasteiger partial charge in [0.1, 0.15) is 0 Å². The zero-order valence-electron chi connectivity index (χ0n) is 9.58. The summed E-state index contributed by atoms with van der Waals surface area (Å²) < 4.78 is 32.4. The Balaban J connectivity index is 3.42. The Morgan fingerprint density at radius 3 is 2.29 bits per heavy atom. The molecule has 17 heavy (non-hydrogen) atoms. The highest BCUT2D eigenvalue weighted by molar-refractivity contribution is 8.13. The molecule has 0 atom stereocenters. The van der Waals surface area contributed by atoms with Gasteiger partial charge in [-0.05, 0) is 24.1 Å². The number of aryl methyl sites for hydroxylation is 1. The maximum Gasteiger partial charge on any atom is 0.236 e. The molecule has 0 aromatic heterocycles. The minimum Gasteiger partial charge on any atom is -0.493 e. The highest BCUT2D eigenvalue weighted by Crippen LogP contribution is 2.40. The molecule has 7 heteroatoms. The Kier molecular flexibility index (Phi) is 4.52. The number of benzene rings is 1. The van der Waals surface area contributed by atoms with Gasteiger partial charge in [-0.15, -0.1) is 0 Å². The van der Waals surface area contributed by atoms with Gasteiger partial charge in [0.25, 0.3) is 0 Å². The van der Waals surface area contributed by atoms with E-state index in [0.717, 1.165) is 0 Å². The Bertz CT molecular complexity index is 526. The number of hydrogen-bond donors (Lipinski definition) is 0.